The molecule has 0 spiro atoms. The molecular weight excluding hydrogens is 465 g/mol. The number of ether oxygens (including phenoxy) is 2. The van der Waals surface area contributed by atoms with Crippen LogP contribution in [-0.4, -0.2) is 6.18 Å². The Hall–Kier alpha value is -3.49. The van der Waals surface area contributed by atoms with E-state index in [1.54, 1.807) is 0 Å². The fourth-order valence-corrected chi connectivity index (χ4v) is 3.10. The number of rotatable bonds is 8. The standard InChI is InChI=1S/C25H19F7O2/c1-2-3-16-4-6-17(7-5-16)18-8-10-19(11-9-18)25(31,32)34-20-14-21(26)23(22(27)15-20)33-13-12-24(28,29)30/h4-15H,2-3H2,1H3. The molecule has 3 rings (SSSR count). The van der Waals surface area contributed by atoms with E-state index in [1.165, 1.54) is 12.1 Å². The van der Waals surface area contributed by atoms with Gasteiger partial charge in [0.15, 0.2) is 17.4 Å². The van der Waals surface area contributed by atoms with Gasteiger partial charge in [0.05, 0.1) is 17.9 Å². The van der Waals surface area contributed by atoms with Gasteiger partial charge in [0.25, 0.3) is 0 Å². The lowest BCUT2D eigenvalue weighted by Gasteiger charge is -2.19. The lowest BCUT2D eigenvalue weighted by molar-refractivity contribution is -0.185. The van der Waals surface area contributed by atoms with Gasteiger partial charge < -0.3 is 9.47 Å². The molecular formula is C25H19F7O2. The molecule has 0 aliphatic heterocycles. The Morgan fingerprint density at radius 3 is 1.82 bits per heavy atom. The van der Waals surface area contributed by atoms with Crippen molar-refractivity contribution >= 4 is 0 Å². The minimum absolute atomic E-state index is 0.0372. The van der Waals surface area contributed by atoms with E-state index in [1.807, 2.05) is 24.3 Å². The Morgan fingerprint density at radius 1 is 0.794 bits per heavy atom. The van der Waals surface area contributed by atoms with Crippen LogP contribution in [0.15, 0.2) is 73.0 Å². The van der Waals surface area contributed by atoms with E-state index in [-0.39, 0.29) is 12.3 Å². The molecule has 2 nitrogen and oxygen atoms in total. The first-order valence-corrected chi connectivity index (χ1v) is 10.2. The summed E-state index contributed by atoms with van der Waals surface area (Å²) in [6.07, 6.45) is -7.11. The Morgan fingerprint density at radius 2 is 1.32 bits per heavy atom. The Kier molecular flexibility index (Phi) is 7.54. The molecule has 34 heavy (non-hydrogen) atoms. The molecule has 3 aromatic rings. The molecule has 9 heteroatoms. The first-order chi connectivity index (χ1) is 16.0. The number of halogens is 7. The fraction of sp³-hybridized carbons (Fsp3) is 0.200. The first kappa shape index (κ1) is 25.1. The largest absolute Gasteiger partial charge is 0.459 e. The molecule has 0 heterocycles. The van der Waals surface area contributed by atoms with Crippen LogP contribution in [0.3, 0.4) is 0 Å². The van der Waals surface area contributed by atoms with E-state index in [9.17, 15) is 30.7 Å². The van der Waals surface area contributed by atoms with E-state index in [0.717, 1.165) is 36.1 Å². The summed E-state index contributed by atoms with van der Waals surface area (Å²) in [5, 5.41) is 0. The molecule has 0 radical (unpaired) electrons. The zero-order valence-corrected chi connectivity index (χ0v) is 17.8. The summed E-state index contributed by atoms with van der Waals surface area (Å²) in [7, 11) is 0. The Labute approximate surface area is 191 Å². The van der Waals surface area contributed by atoms with Crippen molar-refractivity contribution in [3.63, 3.8) is 0 Å². The van der Waals surface area contributed by atoms with Crippen molar-refractivity contribution in [1.29, 1.82) is 0 Å². The summed E-state index contributed by atoms with van der Waals surface area (Å²) >= 11 is 0. The maximum Gasteiger partial charge on any atom is 0.426 e. The number of alkyl halides is 5. The van der Waals surface area contributed by atoms with Gasteiger partial charge >= 0.3 is 12.3 Å². The van der Waals surface area contributed by atoms with Gasteiger partial charge in [-0.15, -0.1) is 0 Å². The monoisotopic (exact) mass is 484 g/mol. The van der Waals surface area contributed by atoms with Crippen LogP contribution >= 0.6 is 0 Å². The van der Waals surface area contributed by atoms with Gasteiger partial charge in [-0.25, -0.2) is 8.78 Å². The number of allylic oxidation sites excluding steroid dienone is 1. The molecule has 0 fully saturated rings. The van der Waals surface area contributed by atoms with Crippen molar-refractivity contribution < 1.29 is 40.2 Å². The molecule has 0 aromatic heterocycles. The third kappa shape index (κ3) is 6.52. The molecule has 0 aliphatic rings. The molecule has 0 saturated heterocycles. The van der Waals surface area contributed by atoms with E-state index in [2.05, 4.69) is 16.4 Å². The SMILES string of the molecule is CCCc1ccc(-c2ccc(C(F)(F)Oc3cc(F)c(OC=CC(F)(F)F)c(F)c3)cc2)cc1. The summed E-state index contributed by atoms with van der Waals surface area (Å²) < 4.78 is 102. The second kappa shape index (κ2) is 10.2. The van der Waals surface area contributed by atoms with Crippen LogP contribution < -0.4 is 9.47 Å². The van der Waals surface area contributed by atoms with E-state index in [0.29, 0.717) is 17.7 Å². The lowest BCUT2D eigenvalue weighted by Crippen LogP contribution is -2.22. The van der Waals surface area contributed by atoms with Gasteiger partial charge in [0, 0.05) is 12.1 Å². The topological polar surface area (TPSA) is 18.5 Å². The van der Waals surface area contributed by atoms with Gasteiger partial charge in [0.2, 0.25) is 0 Å². The number of aryl methyl sites for hydroxylation is 1. The summed E-state index contributed by atoms with van der Waals surface area (Å²) in [6.45, 7) is 2.07. The quantitative estimate of drug-likeness (QED) is 0.237. The average molecular weight is 484 g/mol. The molecule has 0 unspecified atom stereocenters. The van der Waals surface area contributed by atoms with E-state index < -0.39 is 41.0 Å². The number of hydrogen-bond donors (Lipinski definition) is 0. The van der Waals surface area contributed by atoms with Gasteiger partial charge in [0.1, 0.15) is 5.75 Å². The van der Waals surface area contributed by atoms with Crippen LogP contribution in [0, 0.1) is 11.6 Å². The smallest absolute Gasteiger partial charge is 0.426 e. The molecule has 0 N–H and O–H groups in total. The first-order valence-electron chi connectivity index (χ1n) is 10.2. The van der Waals surface area contributed by atoms with Gasteiger partial charge in [-0.3, -0.25) is 0 Å². The normalized spacial score (nSPS) is 12.2. The van der Waals surface area contributed by atoms with Crippen molar-refractivity contribution in [2.45, 2.75) is 32.1 Å². The van der Waals surface area contributed by atoms with Crippen molar-refractivity contribution in [3.8, 4) is 22.6 Å². The number of benzene rings is 3. The highest BCUT2D eigenvalue weighted by molar-refractivity contribution is 5.64. The van der Waals surface area contributed by atoms with Crippen LogP contribution in [0.1, 0.15) is 24.5 Å². The summed E-state index contributed by atoms with van der Waals surface area (Å²) in [5.41, 5.74) is 2.12. The molecule has 180 valence electrons. The molecule has 0 amide bonds. The maximum absolute atomic E-state index is 14.6. The van der Waals surface area contributed by atoms with E-state index in [4.69, 9.17) is 0 Å². The Balaban J connectivity index is 1.74. The minimum Gasteiger partial charge on any atom is -0.459 e. The number of hydrogen-bond acceptors (Lipinski definition) is 2. The van der Waals surface area contributed by atoms with Crippen LogP contribution in [0.4, 0.5) is 30.7 Å². The van der Waals surface area contributed by atoms with Crippen molar-refractivity contribution in [2.24, 2.45) is 0 Å². The van der Waals surface area contributed by atoms with Gasteiger partial charge in [-0.1, -0.05) is 49.7 Å². The zero-order chi connectivity index (χ0) is 24.9. The third-order valence-corrected chi connectivity index (χ3v) is 4.71. The minimum atomic E-state index is -4.76. The zero-order valence-electron chi connectivity index (χ0n) is 17.8. The van der Waals surface area contributed by atoms with Crippen LogP contribution in [0.5, 0.6) is 11.5 Å². The van der Waals surface area contributed by atoms with E-state index >= 15 is 0 Å². The molecule has 0 atom stereocenters. The van der Waals surface area contributed by atoms with Gasteiger partial charge in [-0.2, -0.15) is 22.0 Å². The maximum atomic E-state index is 14.6. The van der Waals surface area contributed by atoms with Crippen LogP contribution in [-0.2, 0) is 12.5 Å². The van der Waals surface area contributed by atoms with Crippen LogP contribution in [0.2, 0.25) is 0 Å². The second-order valence-electron chi connectivity index (χ2n) is 7.32. The Bertz CT molecular complexity index is 1110. The third-order valence-electron chi connectivity index (χ3n) is 4.71. The summed E-state index contributed by atoms with van der Waals surface area (Å²) in [4.78, 5) is 0. The average Bonchev–Trinajstić information content (AvgIpc) is 2.75. The van der Waals surface area contributed by atoms with Gasteiger partial charge in [-0.05, 0) is 35.2 Å². The highest BCUT2D eigenvalue weighted by atomic mass is 19.4. The predicted octanol–water partition coefficient (Wildman–Crippen LogP) is 8.17. The second-order valence-corrected chi connectivity index (χ2v) is 7.32. The lowest BCUT2D eigenvalue weighted by atomic mass is 10.0. The van der Waals surface area contributed by atoms with Crippen LogP contribution in [0.25, 0.3) is 11.1 Å². The van der Waals surface area contributed by atoms with Crippen molar-refractivity contribution in [2.75, 3.05) is 0 Å². The summed E-state index contributed by atoms with van der Waals surface area (Å²) in [5.74, 6) is -5.09. The predicted molar refractivity (Wildman–Crippen MR) is 113 cm³/mol. The molecule has 0 bridgehead atoms. The van der Waals surface area contributed by atoms with Crippen molar-refractivity contribution in [1.82, 2.24) is 0 Å². The molecule has 0 saturated carbocycles. The molecule has 3 aromatic carbocycles. The molecule has 0 aliphatic carbocycles. The van der Waals surface area contributed by atoms with Crippen molar-refractivity contribution in [3.05, 3.63) is 95.8 Å². The highest BCUT2D eigenvalue weighted by Crippen LogP contribution is 2.35. The fourth-order valence-electron chi connectivity index (χ4n) is 3.10. The summed E-state index contributed by atoms with van der Waals surface area (Å²) in [6, 6.07) is 13.6. The highest BCUT2D eigenvalue weighted by Gasteiger charge is 2.35.